The zero-order chi connectivity index (χ0) is 12.8. The lowest BCUT2D eigenvalue weighted by molar-refractivity contribution is -0.0432. The summed E-state index contributed by atoms with van der Waals surface area (Å²) in [6.45, 7) is 5.47. The van der Waals surface area contributed by atoms with Crippen molar-refractivity contribution >= 4 is 11.8 Å². The molecule has 0 unspecified atom stereocenters. The predicted octanol–water partition coefficient (Wildman–Crippen LogP) is 2.62. The number of nitrogens with zero attached hydrogens (tertiary/aromatic N) is 1. The van der Waals surface area contributed by atoms with Crippen molar-refractivity contribution in [3.8, 4) is 11.5 Å². The largest absolute Gasteiger partial charge is 0.465 e. The molecule has 0 spiro atoms. The van der Waals surface area contributed by atoms with E-state index in [4.69, 9.17) is 14.6 Å². The van der Waals surface area contributed by atoms with E-state index in [1.54, 1.807) is 19.9 Å². The number of hydrogen-bond acceptors (Lipinski definition) is 3. The second kappa shape index (κ2) is 3.55. The predicted molar refractivity (Wildman–Crippen MR) is 62.9 cm³/mol. The Labute approximate surface area is 99.6 Å². The van der Waals surface area contributed by atoms with E-state index in [0.717, 1.165) is 10.5 Å². The van der Waals surface area contributed by atoms with E-state index in [2.05, 4.69) is 0 Å². The standard InChI is InChI=1S/C12H15NO4/c1-7-5-6-8(13(4)11(14)15)10-9(7)16-12(2,3)17-10/h5-6H,1-4H3,(H,14,15). The normalized spacial score (nSPS) is 15.8. The lowest BCUT2D eigenvalue weighted by atomic mass is 10.2. The third kappa shape index (κ3) is 1.88. The molecule has 1 aliphatic rings. The third-order valence-electron chi connectivity index (χ3n) is 2.63. The first-order valence-corrected chi connectivity index (χ1v) is 5.30. The van der Waals surface area contributed by atoms with Crippen molar-refractivity contribution in [2.75, 3.05) is 11.9 Å². The Balaban J connectivity index is 2.53. The topological polar surface area (TPSA) is 59.0 Å². The molecule has 92 valence electrons. The minimum atomic E-state index is -1.04. The summed E-state index contributed by atoms with van der Waals surface area (Å²) in [5, 5.41) is 9.00. The minimum Gasteiger partial charge on any atom is -0.465 e. The lowest BCUT2D eigenvalue weighted by Crippen LogP contribution is -2.30. The fourth-order valence-electron chi connectivity index (χ4n) is 1.76. The molecule has 0 saturated carbocycles. The van der Waals surface area contributed by atoms with Gasteiger partial charge in [-0.05, 0) is 18.6 Å². The summed E-state index contributed by atoms with van der Waals surface area (Å²) >= 11 is 0. The van der Waals surface area contributed by atoms with Crippen LogP contribution in [-0.2, 0) is 0 Å². The Morgan fingerprint density at radius 3 is 2.47 bits per heavy atom. The maximum absolute atomic E-state index is 11.0. The van der Waals surface area contributed by atoms with Crippen molar-refractivity contribution in [3.05, 3.63) is 17.7 Å². The molecule has 5 heteroatoms. The molecule has 0 aromatic heterocycles. The number of carboxylic acid groups (broad SMARTS) is 1. The molecule has 1 heterocycles. The Morgan fingerprint density at radius 2 is 1.88 bits per heavy atom. The maximum Gasteiger partial charge on any atom is 0.411 e. The number of anilines is 1. The summed E-state index contributed by atoms with van der Waals surface area (Å²) in [6.07, 6.45) is -1.04. The van der Waals surface area contributed by atoms with Gasteiger partial charge in [0.05, 0.1) is 5.69 Å². The highest BCUT2D eigenvalue weighted by Gasteiger charge is 2.36. The second-order valence-corrected chi connectivity index (χ2v) is 4.51. The quantitative estimate of drug-likeness (QED) is 0.815. The Bertz CT molecular complexity index is 482. The average molecular weight is 237 g/mol. The number of ether oxygens (including phenoxy) is 2. The summed E-state index contributed by atoms with van der Waals surface area (Å²) in [5.41, 5.74) is 1.41. The van der Waals surface area contributed by atoms with Gasteiger partial charge >= 0.3 is 6.09 Å². The maximum atomic E-state index is 11.0. The smallest absolute Gasteiger partial charge is 0.411 e. The van der Waals surface area contributed by atoms with Crippen LogP contribution in [0.5, 0.6) is 11.5 Å². The molecular formula is C12H15NO4. The van der Waals surface area contributed by atoms with Crippen LogP contribution >= 0.6 is 0 Å². The summed E-state index contributed by atoms with van der Waals surface area (Å²) in [6, 6.07) is 3.53. The Morgan fingerprint density at radius 1 is 1.29 bits per heavy atom. The fraction of sp³-hybridized carbons (Fsp3) is 0.417. The van der Waals surface area contributed by atoms with Gasteiger partial charge in [-0.25, -0.2) is 4.79 Å². The molecule has 2 rings (SSSR count). The van der Waals surface area contributed by atoms with Crippen LogP contribution in [0.1, 0.15) is 19.4 Å². The van der Waals surface area contributed by atoms with Gasteiger partial charge in [-0.3, -0.25) is 4.90 Å². The first-order valence-electron chi connectivity index (χ1n) is 5.30. The van der Waals surface area contributed by atoms with Gasteiger partial charge in [-0.1, -0.05) is 6.07 Å². The molecular weight excluding hydrogens is 222 g/mol. The molecule has 1 aliphatic heterocycles. The minimum absolute atomic E-state index is 0.486. The zero-order valence-electron chi connectivity index (χ0n) is 10.3. The van der Waals surface area contributed by atoms with Crippen LogP contribution in [0.3, 0.4) is 0 Å². The summed E-state index contributed by atoms with van der Waals surface area (Å²) in [5.74, 6) is 0.336. The van der Waals surface area contributed by atoms with Crippen molar-refractivity contribution in [1.82, 2.24) is 0 Å². The highest BCUT2D eigenvalue weighted by molar-refractivity contribution is 5.89. The zero-order valence-corrected chi connectivity index (χ0v) is 10.3. The third-order valence-corrected chi connectivity index (χ3v) is 2.63. The van der Waals surface area contributed by atoms with Gasteiger partial charge in [0, 0.05) is 20.9 Å². The van der Waals surface area contributed by atoms with Gasteiger partial charge in [0.2, 0.25) is 5.79 Å². The summed E-state index contributed by atoms with van der Waals surface area (Å²) in [7, 11) is 1.47. The average Bonchev–Trinajstić information content (AvgIpc) is 2.54. The first-order chi connectivity index (χ1) is 7.82. The van der Waals surface area contributed by atoms with Gasteiger partial charge in [0.15, 0.2) is 11.5 Å². The van der Waals surface area contributed by atoms with E-state index >= 15 is 0 Å². The van der Waals surface area contributed by atoms with Gasteiger partial charge in [0.25, 0.3) is 0 Å². The molecule has 0 atom stereocenters. The van der Waals surface area contributed by atoms with E-state index in [1.807, 2.05) is 13.0 Å². The number of fused-ring (bicyclic) bond motifs is 1. The molecule has 17 heavy (non-hydrogen) atoms. The number of benzene rings is 1. The number of rotatable bonds is 1. The van der Waals surface area contributed by atoms with Crippen molar-refractivity contribution < 1.29 is 19.4 Å². The van der Waals surface area contributed by atoms with Crippen LogP contribution in [0, 0.1) is 6.92 Å². The number of amides is 1. The molecule has 5 nitrogen and oxygen atoms in total. The van der Waals surface area contributed by atoms with E-state index in [9.17, 15) is 4.79 Å². The Kier molecular flexibility index (Phi) is 2.41. The van der Waals surface area contributed by atoms with Crippen LogP contribution in [0.15, 0.2) is 12.1 Å². The van der Waals surface area contributed by atoms with Crippen molar-refractivity contribution in [2.45, 2.75) is 26.6 Å². The van der Waals surface area contributed by atoms with Crippen LogP contribution in [0.25, 0.3) is 0 Å². The molecule has 1 amide bonds. The lowest BCUT2D eigenvalue weighted by Gasteiger charge is -2.18. The molecule has 0 bridgehead atoms. The van der Waals surface area contributed by atoms with Crippen molar-refractivity contribution in [3.63, 3.8) is 0 Å². The van der Waals surface area contributed by atoms with Gasteiger partial charge in [-0.15, -0.1) is 0 Å². The molecule has 0 radical (unpaired) electrons. The monoisotopic (exact) mass is 237 g/mol. The number of hydrogen-bond donors (Lipinski definition) is 1. The molecule has 0 fully saturated rings. The van der Waals surface area contributed by atoms with E-state index in [0.29, 0.717) is 17.2 Å². The van der Waals surface area contributed by atoms with Crippen molar-refractivity contribution in [1.29, 1.82) is 0 Å². The Hall–Kier alpha value is -1.91. The second-order valence-electron chi connectivity index (χ2n) is 4.51. The van der Waals surface area contributed by atoms with E-state index < -0.39 is 11.9 Å². The fourth-order valence-corrected chi connectivity index (χ4v) is 1.76. The van der Waals surface area contributed by atoms with Crippen molar-refractivity contribution in [2.24, 2.45) is 0 Å². The summed E-state index contributed by atoms with van der Waals surface area (Å²) in [4.78, 5) is 12.1. The molecule has 0 saturated heterocycles. The molecule has 1 aromatic rings. The first kappa shape index (κ1) is 11.6. The van der Waals surface area contributed by atoms with Gasteiger partial charge < -0.3 is 14.6 Å². The highest BCUT2D eigenvalue weighted by atomic mass is 16.7. The van der Waals surface area contributed by atoms with Crippen LogP contribution < -0.4 is 14.4 Å². The van der Waals surface area contributed by atoms with E-state index in [1.165, 1.54) is 7.05 Å². The SMILES string of the molecule is Cc1ccc(N(C)C(=O)O)c2c1OC(C)(C)O2. The number of carbonyl (C=O) groups is 1. The van der Waals surface area contributed by atoms with Crippen LogP contribution in [0.2, 0.25) is 0 Å². The highest BCUT2D eigenvalue weighted by Crippen LogP contribution is 2.47. The van der Waals surface area contributed by atoms with Gasteiger partial charge in [0.1, 0.15) is 0 Å². The van der Waals surface area contributed by atoms with Crippen LogP contribution in [0.4, 0.5) is 10.5 Å². The summed E-state index contributed by atoms with van der Waals surface area (Å²) < 4.78 is 11.3. The molecule has 1 N–H and O–H groups in total. The molecule has 1 aromatic carbocycles. The number of aryl methyl sites for hydroxylation is 1. The van der Waals surface area contributed by atoms with Gasteiger partial charge in [-0.2, -0.15) is 0 Å². The van der Waals surface area contributed by atoms with Crippen LogP contribution in [-0.4, -0.2) is 24.0 Å². The molecule has 0 aliphatic carbocycles. The van der Waals surface area contributed by atoms with E-state index in [-0.39, 0.29) is 0 Å².